The monoisotopic (exact) mass is 282 g/mol. The van der Waals surface area contributed by atoms with Gasteiger partial charge >= 0.3 is 0 Å². The summed E-state index contributed by atoms with van der Waals surface area (Å²) in [5.74, 6) is 1.74. The lowest BCUT2D eigenvalue weighted by molar-refractivity contribution is 0.395. The summed E-state index contributed by atoms with van der Waals surface area (Å²) in [6.45, 7) is 4.21. The molecule has 1 fully saturated rings. The molecule has 2 rings (SSSR count). The maximum absolute atomic E-state index is 6.14. The Hall–Kier alpha value is -0.840. The first-order chi connectivity index (χ1) is 9.10. The van der Waals surface area contributed by atoms with Gasteiger partial charge in [0.1, 0.15) is 5.82 Å². The fourth-order valence-corrected chi connectivity index (χ4v) is 2.83. The smallest absolute Gasteiger partial charge is 0.128 e. The molecule has 1 saturated heterocycles. The minimum Gasteiger partial charge on any atom is -0.359 e. The molecule has 4 nitrogen and oxygen atoms in total. The van der Waals surface area contributed by atoms with Crippen LogP contribution in [-0.2, 0) is 6.54 Å². The zero-order valence-electron chi connectivity index (χ0n) is 12.0. The standard InChI is InChI=1S/C14H23ClN4/c1-16-7-12-6-14(17-8-13(12)15)19(3)10-11-4-5-18(2)9-11/h6,8,11,16H,4-5,7,9-10H2,1-3H3. The fourth-order valence-electron chi connectivity index (χ4n) is 2.66. The summed E-state index contributed by atoms with van der Waals surface area (Å²) in [4.78, 5) is 9.06. The molecule has 0 bridgehead atoms. The Morgan fingerprint density at radius 1 is 1.58 bits per heavy atom. The molecule has 1 aromatic rings. The van der Waals surface area contributed by atoms with Gasteiger partial charge in [-0.2, -0.15) is 0 Å². The van der Waals surface area contributed by atoms with E-state index in [1.165, 1.54) is 19.5 Å². The van der Waals surface area contributed by atoms with Crippen molar-refractivity contribution in [3.63, 3.8) is 0 Å². The highest BCUT2D eigenvalue weighted by Gasteiger charge is 2.21. The first-order valence-electron chi connectivity index (χ1n) is 6.79. The lowest BCUT2D eigenvalue weighted by Gasteiger charge is -2.23. The van der Waals surface area contributed by atoms with E-state index in [2.05, 4.69) is 40.3 Å². The van der Waals surface area contributed by atoms with Crippen LogP contribution < -0.4 is 10.2 Å². The molecule has 1 atom stereocenters. The number of likely N-dealkylation sites (tertiary alicyclic amines) is 1. The van der Waals surface area contributed by atoms with Crippen molar-refractivity contribution in [1.82, 2.24) is 15.2 Å². The van der Waals surface area contributed by atoms with Crippen molar-refractivity contribution in [2.45, 2.75) is 13.0 Å². The van der Waals surface area contributed by atoms with Gasteiger partial charge in [-0.15, -0.1) is 0 Å². The van der Waals surface area contributed by atoms with Gasteiger partial charge in [-0.3, -0.25) is 0 Å². The van der Waals surface area contributed by atoms with Crippen LogP contribution in [0.2, 0.25) is 5.02 Å². The van der Waals surface area contributed by atoms with Gasteiger partial charge in [-0.25, -0.2) is 4.98 Å². The van der Waals surface area contributed by atoms with E-state index in [-0.39, 0.29) is 0 Å². The first kappa shape index (κ1) is 14.6. The van der Waals surface area contributed by atoms with E-state index in [0.29, 0.717) is 0 Å². The Kier molecular flexibility index (Phi) is 5.02. The number of hydrogen-bond acceptors (Lipinski definition) is 4. The summed E-state index contributed by atoms with van der Waals surface area (Å²) < 4.78 is 0. The van der Waals surface area contributed by atoms with Gasteiger partial charge in [0.15, 0.2) is 0 Å². The number of anilines is 1. The van der Waals surface area contributed by atoms with E-state index >= 15 is 0 Å². The van der Waals surface area contributed by atoms with Gasteiger partial charge in [0.25, 0.3) is 0 Å². The van der Waals surface area contributed by atoms with E-state index in [9.17, 15) is 0 Å². The molecule has 5 heteroatoms. The summed E-state index contributed by atoms with van der Waals surface area (Å²) in [5, 5.41) is 3.86. The van der Waals surface area contributed by atoms with E-state index < -0.39 is 0 Å². The molecular formula is C14H23ClN4. The van der Waals surface area contributed by atoms with Crippen molar-refractivity contribution in [1.29, 1.82) is 0 Å². The summed E-state index contributed by atoms with van der Waals surface area (Å²) in [6.07, 6.45) is 3.03. The predicted molar refractivity (Wildman–Crippen MR) is 80.9 cm³/mol. The van der Waals surface area contributed by atoms with E-state index in [1.54, 1.807) is 6.20 Å². The number of rotatable bonds is 5. The van der Waals surface area contributed by atoms with Crippen LogP contribution in [0.25, 0.3) is 0 Å². The number of hydrogen-bond donors (Lipinski definition) is 1. The van der Waals surface area contributed by atoms with Crippen molar-refractivity contribution >= 4 is 17.4 Å². The highest BCUT2D eigenvalue weighted by atomic mass is 35.5. The molecule has 1 aliphatic heterocycles. The molecule has 0 saturated carbocycles. The van der Waals surface area contributed by atoms with Gasteiger partial charge in [0.05, 0.1) is 5.02 Å². The fraction of sp³-hybridized carbons (Fsp3) is 0.643. The Morgan fingerprint density at radius 2 is 2.37 bits per heavy atom. The molecule has 2 heterocycles. The van der Waals surface area contributed by atoms with Gasteiger partial charge in [-0.05, 0) is 44.6 Å². The second-order valence-corrected chi connectivity index (χ2v) is 5.87. The van der Waals surface area contributed by atoms with Crippen LogP contribution in [0.1, 0.15) is 12.0 Å². The van der Waals surface area contributed by atoms with Crippen LogP contribution in [-0.4, -0.2) is 50.7 Å². The second-order valence-electron chi connectivity index (χ2n) is 5.46. The van der Waals surface area contributed by atoms with Crippen molar-refractivity contribution in [2.24, 2.45) is 5.92 Å². The number of pyridine rings is 1. The number of aromatic nitrogens is 1. The molecule has 0 aromatic carbocycles. The quantitative estimate of drug-likeness (QED) is 0.893. The SMILES string of the molecule is CNCc1cc(N(C)CC2CCN(C)C2)ncc1Cl. The average Bonchev–Trinajstić information content (AvgIpc) is 2.77. The lowest BCUT2D eigenvalue weighted by atomic mass is 10.1. The molecule has 106 valence electrons. The number of nitrogens with zero attached hydrogens (tertiary/aromatic N) is 3. The van der Waals surface area contributed by atoms with Crippen LogP contribution >= 0.6 is 11.6 Å². The molecule has 0 spiro atoms. The summed E-state index contributed by atoms with van der Waals surface area (Å²) in [6, 6.07) is 2.08. The molecule has 1 aliphatic rings. The second kappa shape index (κ2) is 6.55. The zero-order chi connectivity index (χ0) is 13.8. The third-order valence-corrected chi connectivity index (χ3v) is 4.04. The van der Waals surface area contributed by atoms with Crippen LogP contribution in [0.15, 0.2) is 12.3 Å². The maximum atomic E-state index is 6.14. The van der Waals surface area contributed by atoms with Crippen molar-refractivity contribution < 1.29 is 0 Å². The van der Waals surface area contributed by atoms with E-state index in [0.717, 1.165) is 35.4 Å². The molecule has 1 aromatic heterocycles. The van der Waals surface area contributed by atoms with Crippen LogP contribution in [0, 0.1) is 5.92 Å². The van der Waals surface area contributed by atoms with Crippen molar-refractivity contribution in [3.8, 4) is 0 Å². The molecular weight excluding hydrogens is 260 g/mol. The minimum absolute atomic E-state index is 0.729. The van der Waals surface area contributed by atoms with Crippen molar-refractivity contribution in [3.05, 3.63) is 22.8 Å². The Balaban J connectivity index is 2.02. The Labute approximate surface area is 120 Å². The highest BCUT2D eigenvalue weighted by Crippen LogP contribution is 2.22. The minimum atomic E-state index is 0.729. The van der Waals surface area contributed by atoms with E-state index in [1.807, 2.05) is 7.05 Å². The molecule has 1 N–H and O–H groups in total. The Bertz CT molecular complexity index is 424. The highest BCUT2D eigenvalue weighted by molar-refractivity contribution is 6.31. The van der Waals surface area contributed by atoms with Gasteiger partial charge in [0, 0.05) is 32.9 Å². The maximum Gasteiger partial charge on any atom is 0.128 e. The molecule has 0 radical (unpaired) electrons. The predicted octanol–water partition coefficient (Wildman–Crippen LogP) is 1.84. The van der Waals surface area contributed by atoms with Gasteiger partial charge in [0.2, 0.25) is 0 Å². The van der Waals surface area contributed by atoms with Crippen molar-refractivity contribution in [2.75, 3.05) is 45.7 Å². The van der Waals surface area contributed by atoms with Crippen LogP contribution in [0.5, 0.6) is 0 Å². The molecule has 0 amide bonds. The first-order valence-corrected chi connectivity index (χ1v) is 7.16. The molecule has 1 unspecified atom stereocenters. The molecule has 19 heavy (non-hydrogen) atoms. The topological polar surface area (TPSA) is 31.4 Å². The average molecular weight is 283 g/mol. The number of halogens is 1. The van der Waals surface area contributed by atoms with Gasteiger partial charge in [-0.1, -0.05) is 11.6 Å². The number of nitrogens with one attached hydrogen (secondary N) is 1. The summed E-state index contributed by atoms with van der Waals surface area (Å²) in [7, 11) is 6.22. The normalized spacial score (nSPS) is 19.9. The summed E-state index contributed by atoms with van der Waals surface area (Å²) >= 11 is 6.14. The van der Waals surface area contributed by atoms with Crippen LogP contribution in [0.3, 0.4) is 0 Å². The van der Waals surface area contributed by atoms with E-state index in [4.69, 9.17) is 11.6 Å². The lowest BCUT2D eigenvalue weighted by Crippen LogP contribution is -2.28. The van der Waals surface area contributed by atoms with Crippen LogP contribution in [0.4, 0.5) is 5.82 Å². The summed E-state index contributed by atoms with van der Waals surface area (Å²) in [5.41, 5.74) is 1.10. The third-order valence-electron chi connectivity index (χ3n) is 3.70. The molecule has 0 aliphatic carbocycles. The van der Waals surface area contributed by atoms with Gasteiger partial charge < -0.3 is 15.1 Å². The zero-order valence-corrected chi connectivity index (χ0v) is 12.7. The third kappa shape index (κ3) is 3.81. The Morgan fingerprint density at radius 3 is 3.00 bits per heavy atom. The largest absolute Gasteiger partial charge is 0.359 e.